The lowest BCUT2D eigenvalue weighted by atomic mass is 10.2. The van der Waals surface area contributed by atoms with Gasteiger partial charge in [-0.15, -0.1) is 5.10 Å². The first-order valence-corrected chi connectivity index (χ1v) is 7.26. The Morgan fingerprint density at radius 3 is 2.90 bits per heavy atom. The van der Waals surface area contributed by atoms with E-state index in [-0.39, 0.29) is 0 Å². The van der Waals surface area contributed by atoms with Crippen LogP contribution in [0.5, 0.6) is 0 Å². The molecule has 3 rings (SSSR count). The van der Waals surface area contributed by atoms with E-state index in [1.54, 1.807) is 4.68 Å². The van der Waals surface area contributed by atoms with E-state index in [4.69, 9.17) is 0 Å². The third kappa shape index (κ3) is 2.78. The number of rotatable bonds is 5. The van der Waals surface area contributed by atoms with Crippen molar-refractivity contribution in [3.05, 3.63) is 47.7 Å². The molecular formula is C16H19N5. The van der Waals surface area contributed by atoms with Crippen LogP contribution in [0.2, 0.25) is 0 Å². The lowest BCUT2D eigenvalue weighted by molar-refractivity contribution is 0.672. The number of aromatic nitrogens is 4. The van der Waals surface area contributed by atoms with Gasteiger partial charge in [0.15, 0.2) is 5.82 Å². The van der Waals surface area contributed by atoms with Crippen molar-refractivity contribution < 1.29 is 0 Å². The van der Waals surface area contributed by atoms with Crippen molar-refractivity contribution in [2.24, 2.45) is 0 Å². The molecule has 3 aromatic rings. The topological polar surface area (TPSA) is 55.6 Å². The molecule has 5 heteroatoms. The minimum Gasteiger partial charge on any atom is -0.313 e. The molecule has 1 aromatic carbocycles. The van der Waals surface area contributed by atoms with Crippen molar-refractivity contribution in [2.45, 2.75) is 26.8 Å². The Morgan fingerprint density at radius 2 is 2.10 bits per heavy atom. The SMILES string of the molecule is CCCNCc1cnc(-n2nnc3ccccc32)c(C)c1. The van der Waals surface area contributed by atoms with Crippen molar-refractivity contribution in [1.29, 1.82) is 0 Å². The molecule has 0 spiro atoms. The third-order valence-corrected chi connectivity index (χ3v) is 3.42. The Bertz CT molecular complexity index is 747. The number of fused-ring (bicyclic) bond motifs is 1. The van der Waals surface area contributed by atoms with Crippen molar-refractivity contribution in [1.82, 2.24) is 25.3 Å². The molecule has 21 heavy (non-hydrogen) atoms. The molecule has 108 valence electrons. The number of nitrogens with zero attached hydrogens (tertiary/aromatic N) is 4. The lowest BCUT2D eigenvalue weighted by Crippen LogP contribution is -2.14. The zero-order chi connectivity index (χ0) is 14.7. The molecule has 0 atom stereocenters. The summed E-state index contributed by atoms with van der Waals surface area (Å²) in [7, 11) is 0. The summed E-state index contributed by atoms with van der Waals surface area (Å²) in [4.78, 5) is 4.57. The van der Waals surface area contributed by atoms with Gasteiger partial charge >= 0.3 is 0 Å². The first kappa shape index (κ1) is 13.7. The Kier molecular flexibility index (Phi) is 3.92. The summed E-state index contributed by atoms with van der Waals surface area (Å²) in [6, 6.07) is 10.1. The van der Waals surface area contributed by atoms with Crippen LogP contribution in [0.1, 0.15) is 24.5 Å². The van der Waals surface area contributed by atoms with E-state index >= 15 is 0 Å². The van der Waals surface area contributed by atoms with Gasteiger partial charge in [-0.3, -0.25) is 0 Å². The highest BCUT2D eigenvalue weighted by molar-refractivity contribution is 5.75. The summed E-state index contributed by atoms with van der Waals surface area (Å²) in [5.74, 6) is 0.836. The molecule has 5 nitrogen and oxygen atoms in total. The van der Waals surface area contributed by atoms with Gasteiger partial charge in [-0.05, 0) is 49.2 Å². The normalized spacial score (nSPS) is 11.1. The lowest BCUT2D eigenvalue weighted by Gasteiger charge is -2.08. The molecule has 0 amide bonds. The highest BCUT2D eigenvalue weighted by Gasteiger charge is 2.10. The van der Waals surface area contributed by atoms with Gasteiger partial charge in [0.05, 0.1) is 5.52 Å². The molecule has 2 aromatic heterocycles. The minimum absolute atomic E-state index is 0.836. The Hall–Kier alpha value is -2.27. The highest BCUT2D eigenvalue weighted by atomic mass is 15.4. The van der Waals surface area contributed by atoms with Crippen LogP contribution in [-0.4, -0.2) is 26.5 Å². The summed E-state index contributed by atoms with van der Waals surface area (Å²) >= 11 is 0. The fourth-order valence-electron chi connectivity index (χ4n) is 2.38. The fourth-order valence-corrected chi connectivity index (χ4v) is 2.38. The van der Waals surface area contributed by atoms with Crippen LogP contribution in [0.15, 0.2) is 36.5 Å². The molecule has 0 saturated carbocycles. The zero-order valence-electron chi connectivity index (χ0n) is 12.4. The summed E-state index contributed by atoms with van der Waals surface area (Å²) < 4.78 is 1.80. The van der Waals surface area contributed by atoms with E-state index in [9.17, 15) is 0 Å². The molecule has 1 N–H and O–H groups in total. The maximum atomic E-state index is 4.57. The maximum absolute atomic E-state index is 4.57. The van der Waals surface area contributed by atoms with Gasteiger partial charge in [0.1, 0.15) is 5.52 Å². The molecular weight excluding hydrogens is 262 g/mol. The quantitative estimate of drug-likeness (QED) is 0.730. The van der Waals surface area contributed by atoms with Crippen LogP contribution >= 0.6 is 0 Å². The van der Waals surface area contributed by atoms with Crippen LogP contribution < -0.4 is 5.32 Å². The molecule has 2 heterocycles. The minimum atomic E-state index is 0.836. The predicted molar refractivity (Wildman–Crippen MR) is 83.4 cm³/mol. The predicted octanol–water partition coefficient (Wildman–Crippen LogP) is 2.62. The van der Waals surface area contributed by atoms with E-state index in [2.05, 4.69) is 40.5 Å². The van der Waals surface area contributed by atoms with Crippen LogP contribution in [0, 0.1) is 6.92 Å². The average molecular weight is 281 g/mol. The van der Waals surface area contributed by atoms with Crippen LogP contribution in [0.25, 0.3) is 16.9 Å². The molecule has 0 fully saturated rings. The standard InChI is InChI=1S/C16H19N5/c1-3-8-17-10-13-9-12(2)16(18-11-13)21-15-7-5-4-6-14(15)19-20-21/h4-7,9,11,17H,3,8,10H2,1-2H3. The van der Waals surface area contributed by atoms with Crippen LogP contribution in [0.4, 0.5) is 0 Å². The van der Waals surface area contributed by atoms with Gasteiger partial charge in [-0.25, -0.2) is 4.98 Å². The molecule has 0 aliphatic carbocycles. The molecule has 0 aliphatic rings. The molecule has 0 radical (unpaired) electrons. The van der Waals surface area contributed by atoms with Gasteiger partial charge in [-0.1, -0.05) is 24.3 Å². The van der Waals surface area contributed by atoms with Gasteiger partial charge in [-0.2, -0.15) is 4.68 Å². The summed E-state index contributed by atoms with van der Waals surface area (Å²) in [6.45, 7) is 6.09. The Morgan fingerprint density at radius 1 is 1.24 bits per heavy atom. The van der Waals surface area contributed by atoms with E-state index < -0.39 is 0 Å². The van der Waals surface area contributed by atoms with Gasteiger partial charge in [0.2, 0.25) is 0 Å². The number of benzene rings is 1. The highest BCUT2D eigenvalue weighted by Crippen LogP contribution is 2.17. The first-order chi connectivity index (χ1) is 10.3. The summed E-state index contributed by atoms with van der Waals surface area (Å²) in [5.41, 5.74) is 4.15. The van der Waals surface area contributed by atoms with Gasteiger partial charge < -0.3 is 5.32 Å². The number of para-hydroxylation sites is 1. The zero-order valence-corrected chi connectivity index (χ0v) is 12.4. The van der Waals surface area contributed by atoms with Crippen LogP contribution in [-0.2, 0) is 6.54 Å². The largest absolute Gasteiger partial charge is 0.313 e. The summed E-state index contributed by atoms with van der Waals surface area (Å²) in [5, 5.41) is 11.8. The molecule has 0 unspecified atom stereocenters. The van der Waals surface area contributed by atoms with Crippen LogP contribution in [0.3, 0.4) is 0 Å². The van der Waals surface area contributed by atoms with Crippen molar-refractivity contribution in [2.75, 3.05) is 6.54 Å². The number of hydrogen-bond donors (Lipinski definition) is 1. The van der Waals surface area contributed by atoms with E-state index in [0.29, 0.717) is 0 Å². The molecule has 0 bridgehead atoms. The third-order valence-electron chi connectivity index (χ3n) is 3.42. The second-order valence-corrected chi connectivity index (χ2v) is 5.15. The van der Waals surface area contributed by atoms with E-state index in [1.807, 2.05) is 30.5 Å². The number of aryl methyl sites for hydroxylation is 1. The Labute approximate surface area is 124 Å². The Balaban J connectivity index is 1.92. The van der Waals surface area contributed by atoms with Crippen molar-refractivity contribution in [3.63, 3.8) is 0 Å². The molecule has 0 saturated heterocycles. The van der Waals surface area contributed by atoms with Gasteiger partial charge in [0, 0.05) is 12.7 Å². The van der Waals surface area contributed by atoms with E-state index in [1.165, 1.54) is 5.56 Å². The number of hydrogen-bond acceptors (Lipinski definition) is 4. The van der Waals surface area contributed by atoms with Crippen molar-refractivity contribution in [3.8, 4) is 5.82 Å². The second kappa shape index (κ2) is 6.01. The van der Waals surface area contributed by atoms with Crippen molar-refractivity contribution >= 4 is 11.0 Å². The molecule has 0 aliphatic heterocycles. The first-order valence-electron chi connectivity index (χ1n) is 7.26. The monoisotopic (exact) mass is 281 g/mol. The number of nitrogens with one attached hydrogen (secondary N) is 1. The average Bonchev–Trinajstić information content (AvgIpc) is 2.92. The maximum Gasteiger partial charge on any atom is 0.158 e. The summed E-state index contributed by atoms with van der Waals surface area (Å²) in [6.07, 6.45) is 3.04. The van der Waals surface area contributed by atoms with E-state index in [0.717, 1.165) is 41.9 Å². The number of pyridine rings is 1. The smallest absolute Gasteiger partial charge is 0.158 e. The van der Waals surface area contributed by atoms with Gasteiger partial charge in [0.25, 0.3) is 0 Å². The fraction of sp³-hybridized carbons (Fsp3) is 0.312. The second-order valence-electron chi connectivity index (χ2n) is 5.15.